The molecule has 0 spiro atoms. The summed E-state index contributed by atoms with van der Waals surface area (Å²) in [5.41, 5.74) is 0.436. The fraction of sp³-hybridized carbons (Fsp3) is 0.417. The molecule has 0 amide bonds. The predicted octanol–water partition coefficient (Wildman–Crippen LogP) is 2.66. The summed E-state index contributed by atoms with van der Waals surface area (Å²) >= 11 is 0. The molecule has 0 aliphatic rings. The largest absolute Gasteiger partial charge is 0.405 e. The summed E-state index contributed by atoms with van der Waals surface area (Å²) in [6, 6.07) is 7.26. The number of halogens is 4. The highest BCUT2D eigenvalue weighted by Gasteiger charge is 2.39. The van der Waals surface area contributed by atoms with Crippen LogP contribution in [0.2, 0.25) is 0 Å². The number of alkyl halides is 3. The zero-order valence-electron chi connectivity index (χ0n) is 9.47. The minimum absolute atomic E-state index is 0.190. The third kappa shape index (κ3) is 4.34. The van der Waals surface area contributed by atoms with Gasteiger partial charge in [-0.1, -0.05) is 18.2 Å². The number of hydrogen-bond donors (Lipinski definition) is 1. The molecule has 0 fully saturated rings. The first-order valence-corrected chi connectivity index (χ1v) is 5.35. The van der Waals surface area contributed by atoms with Gasteiger partial charge in [-0.25, -0.2) is 4.39 Å². The van der Waals surface area contributed by atoms with Gasteiger partial charge < -0.3 is 5.32 Å². The van der Waals surface area contributed by atoms with Gasteiger partial charge in [0, 0.05) is 6.54 Å². The molecule has 0 aliphatic heterocycles. The molecule has 1 atom stereocenters. The van der Waals surface area contributed by atoms with Crippen LogP contribution in [0.4, 0.5) is 17.6 Å². The maximum Gasteiger partial charge on any atom is 0.405 e. The topological polar surface area (TPSA) is 35.8 Å². The highest BCUT2D eigenvalue weighted by atomic mass is 19.4. The second-order valence-electron chi connectivity index (χ2n) is 3.77. The summed E-state index contributed by atoms with van der Waals surface area (Å²) in [6.45, 7) is -0.288. The number of nitriles is 1. The van der Waals surface area contributed by atoms with E-state index < -0.39 is 18.6 Å². The smallest absolute Gasteiger partial charge is 0.315 e. The highest BCUT2D eigenvalue weighted by Crippen LogP contribution is 2.24. The summed E-state index contributed by atoms with van der Waals surface area (Å²) in [7, 11) is 0. The molecule has 0 saturated heterocycles. The minimum atomic E-state index is -4.53. The van der Waals surface area contributed by atoms with E-state index >= 15 is 0 Å². The van der Waals surface area contributed by atoms with E-state index in [0.29, 0.717) is 5.56 Å². The second-order valence-corrected chi connectivity index (χ2v) is 3.77. The van der Waals surface area contributed by atoms with Crippen molar-refractivity contribution in [2.75, 3.05) is 13.1 Å². The van der Waals surface area contributed by atoms with Crippen molar-refractivity contribution in [2.45, 2.75) is 12.6 Å². The maximum atomic E-state index is 13.2. The van der Waals surface area contributed by atoms with Gasteiger partial charge in [0.15, 0.2) is 5.92 Å². The summed E-state index contributed by atoms with van der Waals surface area (Å²) in [5, 5.41) is 10.9. The van der Waals surface area contributed by atoms with Gasteiger partial charge in [-0.2, -0.15) is 18.4 Å². The number of rotatable bonds is 5. The predicted molar refractivity (Wildman–Crippen MR) is 58.1 cm³/mol. The van der Waals surface area contributed by atoms with E-state index in [2.05, 4.69) is 5.32 Å². The zero-order chi connectivity index (χ0) is 13.6. The summed E-state index contributed by atoms with van der Waals surface area (Å²) in [6.07, 6.45) is -4.25. The quantitative estimate of drug-likeness (QED) is 0.652. The minimum Gasteiger partial charge on any atom is -0.315 e. The molecule has 0 saturated carbocycles. The van der Waals surface area contributed by atoms with Crippen molar-refractivity contribution < 1.29 is 17.6 Å². The van der Waals surface area contributed by atoms with Crippen LogP contribution >= 0.6 is 0 Å². The molecular weight excluding hydrogens is 248 g/mol. The van der Waals surface area contributed by atoms with Gasteiger partial charge in [-0.3, -0.25) is 0 Å². The van der Waals surface area contributed by atoms with E-state index in [-0.39, 0.29) is 18.8 Å². The van der Waals surface area contributed by atoms with Crippen LogP contribution in [0.15, 0.2) is 24.3 Å². The molecule has 1 aromatic carbocycles. The van der Waals surface area contributed by atoms with Crippen LogP contribution in [0.25, 0.3) is 0 Å². The number of benzene rings is 1. The molecule has 18 heavy (non-hydrogen) atoms. The van der Waals surface area contributed by atoms with Crippen LogP contribution in [-0.4, -0.2) is 19.3 Å². The molecule has 6 heteroatoms. The molecule has 2 nitrogen and oxygen atoms in total. The molecule has 0 aliphatic carbocycles. The van der Waals surface area contributed by atoms with Crippen LogP contribution in [0.5, 0.6) is 0 Å². The molecule has 0 aromatic heterocycles. The Morgan fingerprint density at radius 1 is 1.28 bits per heavy atom. The van der Waals surface area contributed by atoms with Gasteiger partial charge in [0.05, 0.1) is 6.07 Å². The van der Waals surface area contributed by atoms with Gasteiger partial charge in [-0.15, -0.1) is 0 Å². The highest BCUT2D eigenvalue weighted by molar-refractivity contribution is 5.17. The van der Waals surface area contributed by atoms with Crippen molar-refractivity contribution in [3.63, 3.8) is 0 Å². The Kier molecular flexibility index (Phi) is 5.10. The van der Waals surface area contributed by atoms with E-state index in [9.17, 15) is 17.6 Å². The maximum absolute atomic E-state index is 13.2. The van der Waals surface area contributed by atoms with E-state index in [1.807, 2.05) is 0 Å². The normalized spacial score (nSPS) is 13.1. The molecule has 98 valence electrons. The Morgan fingerprint density at radius 2 is 1.94 bits per heavy atom. The lowest BCUT2D eigenvalue weighted by Gasteiger charge is -2.13. The van der Waals surface area contributed by atoms with E-state index in [4.69, 9.17) is 5.26 Å². The van der Waals surface area contributed by atoms with Crippen molar-refractivity contribution in [2.24, 2.45) is 5.92 Å². The summed E-state index contributed by atoms with van der Waals surface area (Å²) < 4.78 is 49.8. The Balaban J connectivity index is 2.36. The van der Waals surface area contributed by atoms with E-state index in [0.717, 1.165) is 0 Å². The SMILES string of the molecule is N#CC(CNCCc1ccccc1F)C(F)(F)F. The summed E-state index contributed by atoms with van der Waals surface area (Å²) in [4.78, 5) is 0. The van der Waals surface area contributed by atoms with Crippen LogP contribution in [0.3, 0.4) is 0 Å². The zero-order valence-corrected chi connectivity index (χ0v) is 9.47. The van der Waals surface area contributed by atoms with E-state index in [1.54, 1.807) is 18.2 Å². The third-order valence-corrected chi connectivity index (χ3v) is 2.43. The average Bonchev–Trinajstić information content (AvgIpc) is 2.29. The van der Waals surface area contributed by atoms with Crippen molar-refractivity contribution in [3.8, 4) is 6.07 Å². The monoisotopic (exact) mass is 260 g/mol. The molecule has 0 radical (unpaired) electrons. The summed E-state index contributed by atoms with van der Waals surface area (Å²) in [5.74, 6) is -2.41. The first-order valence-electron chi connectivity index (χ1n) is 5.35. The Hall–Kier alpha value is -1.61. The number of hydrogen-bond acceptors (Lipinski definition) is 2. The third-order valence-electron chi connectivity index (χ3n) is 2.43. The van der Waals surface area contributed by atoms with Crippen LogP contribution in [-0.2, 0) is 6.42 Å². The molecule has 0 heterocycles. The number of nitrogens with one attached hydrogen (secondary N) is 1. The van der Waals surface area contributed by atoms with Gasteiger partial charge in [0.25, 0.3) is 0 Å². The van der Waals surface area contributed by atoms with Gasteiger partial charge in [0.1, 0.15) is 5.82 Å². The van der Waals surface area contributed by atoms with Crippen LogP contribution < -0.4 is 5.32 Å². The van der Waals surface area contributed by atoms with Gasteiger partial charge >= 0.3 is 6.18 Å². The lowest BCUT2D eigenvalue weighted by Crippen LogP contribution is -2.33. The number of nitrogens with zero attached hydrogens (tertiary/aromatic N) is 1. The van der Waals surface area contributed by atoms with Crippen molar-refractivity contribution in [1.29, 1.82) is 5.26 Å². The fourth-order valence-corrected chi connectivity index (χ4v) is 1.41. The van der Waals surface area contributed by atoms with Crippen molar-refractivity contribution >= 4 is 0 Å². The van der Waals surface area contributed by atoms with E-state index in [1.165, 1.54) is 12.1 Å². The molecule has 1 N–H and O–H groups in total. The Labute approximate surface area is 102 Å². The molecule has 1 rings (SSSR count). The lowest BCUT2D eigenvalue weighted by molar-refractivity contribution is -0.157. The first-order chi connectivity index (χ1) is 8.45. The van der Waals surface area contributed by atoms with Crippen molar-refractivity contribution in [3.05, 3.63) is 35.6 Å². The Bertz CT molecular complexity index is 423. The fourth-order valence-electron chi connectivity index (χ4n) is 1.41. The Morgan fingerprint density at radius 3 is 2.50 bits per heavy atom. The molecule has 1 aromatic rings. The second kappa shape index (κ2) is 6.36. The van der Waals surface area contributed by atoms with Crippen molar-refractivity contribution in [1.82, 2.24) is 5.32 Å². The average molecular weight is 260 g/mol. The standard InChI is InChI=1S/C12H12F4N2/c13-11-4-2-1-3-9(11)5-6-18-8-10(7-17)12(14,15)16/h1-4,10,18H,5-6,8H2. The molecule has 0 bridgehead atoms. The van der Waals surface area contributed by atoms with Gasteiger partial charge in [0.2, 0.25) is 0 Å². The first kappa shape index (κ1) is 14.5. The van der Waals surface area contributed by atoms with Crippen LogP contribution in [0.1, 0.15) is 5.56 Å². The lowest BCUT2D eigenvalue weighted by atomic mass is 10.1. The molecule has 1 unspecified atom stereocenters. The van der Waals surface area contributed by atoms with Gasteiger partial charge in [-0.05, 0) is 24.6 Å². The van der Waals surface area contributed by atoms with Crippen LogP contribution in [0, 0.1) is 23.1 Å². The molecular formula is C12H12F4N2.